The van der Waals surface area contributed by atoms with Gasteiger partial charge in [0.1, 0.15) is 5.75 Å². The van der Waals surface area contributed by atoms with Gasteiger partial charge in [0.25, 0.3) is 0 Å². The van der Waals surface area contributed by atoms with Gasteiger partial charge in [-0.3, -0.25) is 0 Å². The lowest BCUT2D eigenvalue weighted by molar-refractivity contribution is -0.137. The number of alkyl halides is 3. The van der Waals surface area contributed by atoms with E-state index in [0.717, 1.165) is 122 Å². The predicted octanol–water partition coefficient (Wildman–Crippen LogP) is 14.6. The third-order valence-corrected chi connectivity index (χ3v) is 13.2. The van der Waals surface area contributed by atoms with Crippen molar-refractivity contribution in [3.05, 3.63) is 203 Å². The average Bonchev–Trinajstić information content (AvgIpc) is 3.40. The maximum Gasteiger partial charge on any atom is 0.416 e. The average molecular weight is 803 g/mol. The second-order valence-electron chi connectivity index (χ2n) is 16.6. The summed E-state index contributed by atoms with van der Waals surface area (Å²) in [6, 6.07) is 53.7. The number of rotatable bonds is 5. The molecule has 1 spiro atoms. The van der Waals surface area contributed by atoms with E-state index >= 15 is 0 Å². The fraction of sp³-hybridized carbons (Fsp3) is 0.164. The molecule has 3 aliphatic rings. The number of benzene rings is 7. The molecule has 1 unspecified atom stereocenters. The van der Waals surface area contributed by atoms with Crippen LogP contribution in [-0.4, -0.2) is 9.97 Å². The summed E-state index contributed by atoms with van der Waals surface area (Å²) in [4.78, 5) is 10.2. The maximum absolute atomic E-state index is 14.4. The van der Waals surface area contributed by atoms with Gasteiger partial charge in [-0.15, -0.1) is 0 Å². The zero-order valence-corrected chi connectivity index (χ0v) is 33.4. The first kappa shape index (κ1) is 37.2. The van der Waals surface area contributed by atoms with E-state index in [1.165, 1.54) is 12.1 Å². The van der Waals surface area contributed by atoms with E-state index in [0.29, 0.717) is 5.82 Å². The van der Waals surface area contributed by atoms with Crippen LogP contribution in [0, 0.1) is 0 Å². The summed E-state index contributed by atoms with van der Waals surface area (Å²) in [5.41, 5.74) is 9.11. The quantitative estimate of drug-likeness (QED) is 0.174. The molecule has 7 aromatic carbocycles. The van der Waals surface area contributed by atoms with Crippen molar-refractivity contribution in [2.24, 2.45) is 0 Å². The number of hydrogen-bond donors (Lipinski definition) is 0. The van der Waals surface area contributed by atoms with Crippen LogP contribution >= 0.6 is 0 Å². The first-order chi connectivity index (χ1) is 29.8. The first-order valence-corrected chi connectivity index (χ1v) is 21.2. The molecule has 2 aliphatic carbocycles. The molecule has 0 amide bonds. The van der Waals surface area contributed by atoms with Gasteiger partial charge in [-0.25, -0.2) is 9.97 Å². The molecule has 0 N–H and O–H groups in total. The van der Waals surface area contributed by atoms with Gasteiger partial charge < -0.3 is 4.74 Å². The Balaban J connectivity index is 1.08. The van der Waals surface area contributed by atoms with E-state index in [1.54, 1.807) is 6.07 Å². The number of fused-ring (bicyclic) bond motifs is 10. The van der Waals surface area contributed by atoms with Crippen LogP contribution in [0.15, 0.2) is 170 Å². The van der Waals surface area contributed by atoms with E-state index < -0.39 is 22.8 Å². The first-order valence-electron chi connectivity index (χ1n) is 21.2. The van der Waals surface area contributed by atoms with Crippen molar-refractivity contribution < 1.29 is 17.9 Å². The fourth-order valence-electron chi connectivity index (χ4n) is 10.3. The Kier molecular flexibility index (Phi) is 8.81. The van der Waals surface area contributed by atoms with Crippen molar-refractivity contribution in [2.45, 2.75) is 55.7 Å². The molecule has 1 atom stereocenters. The standard InChI is InChI=1S/C55H41F3N2O/c56-55(57,58)41-28-29-44-46(34-41)53(31-14-1-2-15-32-53)50-45-30-33-54(39-20-10-5-11-21-39,61-51(45)43-23-13-12-22-42(43)49(44)50)40-26-24-38(25-27-40)52-59-47(36-16-6-3-7-17-36)35-48(60-52)37-18-8-4-9-19-37/h3-13,16-30,33-35H,1-2,14-15,31-32H2. The molecular weight excluding hydrogens is 762 g/mol. The van der Waals surface area contributed by atoms with Gasteiger partial charge >= 0.3 is 6.18 Å². The van der Waals surface area contributed by atoms with Gasteiger partial charge in [0, 0.05) is 44.2 Å². The zero-order valence-electron chi connectivity index (χ0n) is 33.4. The van der Waals surface area contributed by atoms with E-state index in [4.69, 9.17) is 14.7 Å². The second-order valence-corrected chi connectivity index (χ2v) is 16.6. The summed E-state index contributed by atoms with van der Waals surface area (Å²) < 4.78 is 50.8. The normalized spacial score (nSPS) is 17.6. The highest BCUT2D eigenvalue weighted by molar-refractivity contribution is 6.08. The third-order valence-electron chi connectivity index (χ3n) is 13.2. The van der Waals surface area contributed by atoms with E-state index in [1.807, 2.05) is 72.8 Å². The van der Waals surface area contributed by atoms with Crippen LogP contribution in [-0.2, 0) is 17.2 Å². The Bertz CT molecular complexity index is 2910. The van der Waals surface area contributed by atoms with Crippen LogP contribution in [0.25, 0.3) is 61.9 Å². The third kappa shape index (κ3) is 6.10. The number of aromatic nitrogens is 2. The van der Waals surface area contributed by atoms with Crippen molar-refractivity contribution in [3.8, 4) is 50.8 Å². The minimum absolute atomic E-state index is 0.564. The highest BCUT2D eigenvalue weighted by Gasteiger charge is 2.49. The zero-order chi connectivity index (χ0) is 41.2. The molecule has 0 bridgehead atoms. The molecule has 1 aliphatic heterocycles. The van der Waals surface area contributed by atoms with Crippen LogP contribution in [0.3, 0.4) is 0 Å². The van der Waals surface area contributed by atoms with Crippen molar-refractivity contribution in [3.63, 3.8) is 0 Å². The summed E-state index contributed by atoms with van der Waals surface area (Å²) >= 11 is 0. The van der Waals surface area contributed by atoms with E-state index in [-0.39, 0.29) is 0 Å². The molecule has 61 heavy (non-hydrogen) atoms. The largest absolute Gasteiger partial charge is 0.472 e. The number of hydrogen-bond acceptors (Lipinski definition) is 3. The highest BCUT2D eigenvalue weighted by atomic mass is 19.4. The molecule has 6 heteroatoms. The van der Waals surface area contributed by atoms with Gasteiger partial charge in [-0.2, -0.15) is 13.2 Å². The second kappa shape index (κ2) is 14.4. The van der Waals surface area contributed by atoms with Crippen LogP contribution < -0.4 is 4.74 Å². The number of halogens is 3. The van der Waals surface area contributed by atoms with Gasteiger partial charge in [0.05, 0.1) is 17.0 Å². The Morgan fingerprint density at radius 1 is 0.541 bits per heavy atom. The van der Waals surface area contributed by atoms with Crippen molar-refractivity contribution in [2.75, 3.05) is 0 Å². The maximum atomic E-state index is 14.4. The lowest BCUT2D eigenvalue weighted by atomic mass is 9.69. The Hall–Kier alpha value is -6.79. The fourth-order valence-corrected chi connectivity index (χ4v) is 10.3. The molecule has 1 aromatic heterocycles. The lowest BCUT2D eigenvalue weighted by Crippen LogP contribution is -2.35. The van der Waals surface area contributed by atoms with Crippen molar-refractivity contribution >= 4 is 16.8 Å². The van der Waals surface area contributed by atoms with Gasteiger partial charge in [-0.05, 0) is 64.8 Å². The Morgan fingerprint density at radius 2 is 1.11 bits per heavy atom. The predicted molar refractivity (Wildman–Crippen MR) is 238 cm³/mol. The van der Waals surface area contributed by atoms with Crippen molar-refractivity contribution in [1.82, 2.24) is 9.97 Å². The molecule has 3 nitrogen and oxygen atoms in total. The molecule has 298 valence electrons. The number of ether oxygens (including phenoxy) is 1. The summed E-state index contributed by atoms with van der Waals surface area (Å²) in [6.45, 7) is 0. The molecular formula is C55H41F3N2O. The van der Waals surface area contributed by atoms with Crippen LogP contribution in [0.2, 0.25) is 0 Å². The minimum atomic E-state index is -4.44. The SMILES string of the molecule is FC(F)(F)c1ccc2c(c1)C1(CCCCCC1)c1c3c(c4ccccc4c1-2)OC(c1ccccc1)(c1ccc(-c2nc(-c4ccccc4)cc(-c4ccccc4)n2)cc1)C=C3. The summed E-state index contributed by atoms with van der Waals surface area (Å²) in [7, 11) is 0. The molecule has 11 rings (SSSR count). The Labute approximate surface area is 353 Å². The Morgan fingerprint density at radius 3 is 1.74 bits per heavy atom. The molecule has 8 aromatic rings. The van der Waals surface area contributed by atoms with Crippen LogP contribution in [0.5, 0.6) is 5.75 Å². The van der Waals surface area contributed by atoms with E-state index in [2.05, 4.69) is 84.9 Å². The smallest absolute Gasteiger partial charge is 0.416 e. The van der Waals surface area contributed by atoms with Gasteiger partial charge in [0.15, 0.2) is 11.4 Å². The molecule has 2 heterocycles. The summed E-state index contributed by atoms with van der Waals surface area (Å²) in [6.07, 6.45) is 5.53. The van der Waals surface area contributed by atoms with Crippen LogP contribution in [0.1, 0.15) is 71.9 Å². The lowest BCUT2D eigenvalue weighted by Gasteiger charge is -2.39. The number of nitrogens with zero attached hydrogens (tertiary/aromatic N) is 2. The topological polar surface area (TPSA) is 35.0 Å². The van der Waals surface area contributed by atoms with E-state index in [9.17, 15) is 13.2 Å². The van der Waals surface area contributed by atoms with Gasteiger partial charge in [0.2, 0.25) is 0 Å². The molecule has 0 radical (unpaired) electrons. The summed E-state index contributed by atoms with van der Waals surface area (Å²) in [5.74, 6) is 1.37. The molecule has 0 saturated heterocycles. The molecule has 1 fully saturated rings. The summed E-state index contributed by atoms with van der Waals surface area (Å²) in [5, 5.41) is 1.93. The highest BCUT2D eigenvalue weighted by Crippen LogP contribution is 2.62. The van der Waals surface area contributed by atoms with Crippen molar-refractivity contribution in [1.29, 1.82) is 0 Å². The minimum Gasteiger partial charge on any atom is -0.472 e. The van der Waals surface area contributed by atoms with Gasteiger partial charge in [-0.1, -0.05) is 177 Å². The van der Waals surface area contributed by atoms with Crippen LogP contribution in [0.4, 0.5) is 13.2 Å². The molecule has 1 saturated carbocycles. The monoisotopic (exact) mass is 802 g/mol.